The molecule has 1 aliphatic rings. The molecular weight excluding hydrogens is 328 g/mol. The van der Waals surface area contributed by atoms with Crippen molar-refractivity contribution in [2.75, 3.05) is 13.1 Å². The number of rotatable bonds is 2. The fraction of sp³-hybridized carbons (Fsp3) is 0.316. The number of amides is 1. The molecule has 0 aliphatic carbocycles. The third-order valence-electron chi connectivity index (χ3n) is 4.72. The zero-order chi connectivity index (χ0) is 18.1. The van der Waals surface area contributed by atoms with Crippen molar-refractivity contribution >= 4 is 17.1 Å². The van der Waals surface area contributed by atoms with Crippen molar-refractivity contribution in [3.05, 3.63) is 47.7 Å². The molecular formula is C19H18N6O. The van der Waals surface area contributed by atoms with Gasteiger partial charge in [-0.05, 0) is 49.1 Å². The number of hydrogen-bond acceptors (Lipinski definition) is 5. The molecule has 4 rings (SSSR count). The van der Waals surface area contributed by atoms with Crippen LogP contribution in [0.3, 0.4) is 0 Å². The first-order valence-corrected chi connectivity index (χ1v) is 8.67. The maximum atomic E-state index is 12.7. The Hall–Kier alpha value is -3.27. The van der Waals surface area contributed by atoms with Crippen LogP contribution in [0.5, 0.6) is 0 Å². The van der Waals surface area contributed by atoms with Crippen LogP contribution in [-0.2, 0) is 0 Å². The number of fused-ring (bicyclic) bond motifs is 1. The van der Waals surface area contributed by atoms with E-state index in [9.17, 15) is 4.79 Å². The molecule has 7 nitrogen and oxygen atoms in total. The number of carbonyl (C=O) groups is 1. The topological polar surface area (TPSA) is 87.7 Å². The molecule has 0 saturated carbocycles. The fourth-order valence-corrected chi connectivity index (χ4v) is 3.34. The Morgan fingerprint density at radius 1 is 1.31 bits per heavy atom. The smallest absolute Gasteiger partial charge is 0.255 e. The van der Waals surface area contributed by atoms with Crippen molar-refractivity contribution in [1.82, 2.24) is 24.9 Å². The molecule has 0 bridgehead atoms. The van der Waals surface area contributed by atoms with E-state index in [4.69, 9.17) is 5.26 Å². The molecule has 1 aliphatic heterocycles. The Bertz CT molecular complexity index is 1000. The highest BCUT2D eigenvalue weighted by atomic mass is 16.2. The lowest BCUT2D eigenvalue weighted by Gasteiger charge is -2.30. The number of aromatic nitrogens is 4. The van der Waals surface area contributed by atoms with Crippen molar-refractivity contribution < 1.29 is 4.79 Å². The third kappa shape index (κ3) is 2.90. The van der Waals surface area contributed by atoms with E-state index < -0.39 is 0 Å². The minimum absolute atomic E-state index is 0.00104. The molecule has 0 N–H and O–H groups in total. The number of nitriles is 1. The summed E-state index contributed by atoms with van der Waals surface area (Å²) in [4.78, 5) is 19.0. The Morgan fingerprint density at radius 3 is 2.85 bits per heavy atom. The number of nitrogens with zero attached hydrogens (tertiary/aromatic N) is 6. The van der Waals surface area contributed by atoms with E-state index in [2.05, 4.69) is 28.3 Å². The summed E-state index contributed by atoms with van der Waals surface area (Å²) in [5, 5.41) is 17.2. The van der Waals surface area contributed by atoms with E-state index in [0.29, 0.717) is 28.2 Å². The number of benzene rings is 1. The predicted octanol–water partition coefficient (Wildman–Crippen LogP) is 2.56. The van der Waals surface area contributed by atoms with Crippen LogP contribution in [0.15, 0.2) is 36.5 Å². The average molecular weight is 346 g/mol. The molecule has 1 aromatic carbocycles. The van der Waals surface area contributed by atoms with Gasteiger partial charge in [-0.25, -0.2) is 4.98 Å². The first-order chi connectivity index (χ1) is 12.7. The van der Waals surface area contributed by atoms with Gasteiger partial charge in [0.25, 0.3) is 5.91 Å². The van der Waals surface area contributed by atoms with Gasteiger partial charge in [0.2, 0.25) is 0 Å². The van der Waals surface area contributed by atoms with Crippen LogP contribution >= 0.6 is 0 Å². The summed E-state index contributed by atoms with van der Waals surface area (Å²) in [5.74, 6) is 0.528. The molecule has 0 spiro atoms. The number of carbonyl (C=O) groups excluding carboxylic acids is 1. The van der Waals surface area contributed by atoms with Gasteiger partial charge in [0.15, 0.2) is 5.65 Å². The molecule has 1 atom stereocenters. The monoisotopic (exact) mass is 346 g/mol. The van der Waals surface area contributed by atoms with Gasteiger partial charge in [-0.2, -0.15) is 9.94 Å². The van der Waals surface area contributed by atoms with Gasteiger partial charge in [-0.15, -0.1) is 5.10 Å². The molecule has 0 radical (unpaired) electrons. The van der Waals surface area contributed by atoms with Crippen LogP contribution in [0.2, 0.25) is 0 Å². The van der Waals surface area contributed by atoms with Crippen LogP contribution in [0.4, 0.5) is 0 Å². The fourth-order valence-electron chi connectivity index (χ4n) is 3.34. The number of likely N-dealkylation sites (tertiary alicyclic amines) is 1. The number of piperidine rings is 1. The summed E-state index contributed by atoms with van der Waals surface area (Å²) in [5.41, 5.74) is 3.04. The molecule has 1 fully saturated rings. The maximum absolute atomic E-state index is 12.7. The van der Waals surface area contributed by atoms with Gasteiger partial charge >= 0.3 is 0 Å². The van der Waals surface area contributed by atoms with Crippen molar-refractivity contribution in [3.63, 3.8) is 0 Å². The van der Waals surface area contributed by atoms with Crippen LogP contribution < -0.4 is 0 Å². The maximum Gasteiger partial charge on any atom is 0.255 e. The zero-order valence-electron chi connectivity index (χ0n) is 14.5. The Balaban J connectivity index is 1.64. The third-order valence-corrected chi connectivity index (χ3v) is 4.72. The van der Waals surface area contributed by atoms with E-state index in [1.165, 1.54) is 6.42 Å². The van der Waals surface area contributed by atoms with Gasteiger partial charge in [0.1, 0.15) is 5.52 Å². The summed E-state index contributed by atoms with van der Waals surface area (Å²) < 4.78 is 1.60. The quantitative estimate of drug-likeness (QED) is 0.711. The Kier molecular flexibility index (Phi) is 4.09. The first-order valence-electron chi connectivity index (χ1n) is 8.67. The van der Waals surface area contributed by atoms with Crippen LogP contribution in [0.1, 0.15) is 35.7 Å². The van der Waals surface area contributed by atoms with E-state index in [0.717, 1.165) is 25.2 Å². The van der Waals surface area contributed by atoms with Crippen LogP contribution in [-0.4, -0.2) is 43.9 Å². The highest BCUT2D eigenvalue weighted by Gasteiger charge is 2.23. The Labute approximate surface area is 150 Å². The second kappa shape index (κ2) is 6.56. The van der Waals surface area contributed by atoms with Crippen molar-refractivity contribution in [2.24, 2.45) is 5.92 Å². The van der Waals surface area contributed by atoms with Gasteiger partial charge < -0.3 is 4.90 Å². The van der Waals surface area contributed by atoms with Crippen LogP contribution in [0.25, 0.3) is 16.9 Å². The number of pyridine rings is 1. The highest BCUT2D eigenvalue weighted by molar-refractivity contribution is 5.96. The molecule has 3 heterocycles. The summed E-state index contributed by atoms with van der Waals surface area (Å²) in [6.07, 6.45) is 3.80. The second-order valence-corrected chi connectivity index (χ2v) is 6.73. The summed E-state index contributed by atoms with van der Waals surface area (Å²) >= 11 is 0. The van der Waals surface area contributed by atoms with E-state index >= 15 is 0 Å². The highest BCUT2D eigenvalue weighted by Crippen LogP contribution is 2.20. The molecule has 1 saturated heterocycles. The normalized spacial score (nSPS) is 17.2. The van der Waals surface area contributed by atoms with Gasteiger partial charge in [0.05, 0.1) is 22.9 Å². The molecule has 7 heteroatoms. The predicted molar refractivity (Wildman–Crippen MR) is 95.7 cm³/mol. The SMILES string of the molecule is C[C@H]1CCCN(C(=O)c2cnc3c(c2)nnn3-c2ccc(C#N)cc2)C1. The van der Waals surface area contributed by atoms with E-state index in [-0.39, 0.29) is 5.91 Å². The lowest BCUT2D eigenvalue weighted by molar-refractivity contribution is 0.0683. The summed E-state index contributed by atoms with van der Waals surface area (Å²) in [7, 11) is 0. The van der Waals surface area contributed by atoms with E-state index in [1.807, 2.05) is 4.90 Å². The largest absolute Gasteiger partial charge is 0.338 e. The van der Waals surface area contributed by atoms with E-state index in [1.54, 1.807) is 41.2 Å². The second-order valence-electron chi connectivity index (χ2n) is 6.73. The molecule has 26 heavy (non-hydrogen) atoms. The molecule has 0 unspecified atom stereocenters. The minimum atomic E-state index is -0.00104. The molecule has 1 amide bonds. The zero-order valence-corrected chi connectivity index (χ0v) is 14.5. The Morgan fingerprint density at radius 2 is 2.12 bits per heavy atom. The summed E-state index contributed by atoms with van der Waals surface area (Å²) in [6, 6.07) is 10.9. The van der Waals surface area contributed by atoms with Crippen molar-refractivity contribution in [3.8, 4) is 11.8 Å². The van der Waals surface area contributed by atoms with Gasteiger partial charge in [0, 0.05) is 19.3 Å². The van der Waals surface area contributed by atoms with Crippen molar-refractivity contribution in [1.29, 1.82) is 5.26 Å². The molecule has 2 aromatic heterocycles. The molecule has 3 aromatic rings. The van der Waals surface area contributed by atoms with Gasteiger partial charge in [-0.1, -0.05) is 12.1 Å². The minimum Gasteiger partial charge on any atom is -0.338 e. The first kappa shape index (κ1) is 16.2. The lowest BCUT2D eigenvalue weighted by atomic mass is 10.00. The average Bonchev–Trinajstić information content (AvgIpc) is 3.10. The lowest BCUT2D eigenvalue weighted by Crippen LogP contribution is -2.39. The standard InChI is InChI=1S/C19H18N6O/c1-13-3-2-8-24(12-13)19(26)15-9-17-18(21-11-15)25(23-22-17)16-6-4-14(10-20)5-7-16/h4-7,9,11,13H,2-3,8,12H2,1H3/t13-/m0/s1. The van der Waals surface area contributed by atoms with Gasteiger partial charge in [-0.3, -0.25) is 4.79 Å². The molecule has 130 valence electrons. The van der Waals surface area contributed by atoms with Crippen LogP contribution in [0, 0.1) is 17.2 Å². The summed E-state index contributed by atoms with van der Waals surface area (Å²) in [6.45, 7) is 3.75. The van der Waals surface area contributed by atoms with Crippen molar-refractivity contribution in [2.45, 2.75) is 19.8 Å². The number of hydrogen-bond donors (Lipinski definition) is 0.